The van der Waals surface area contributed by atoms with Crippen molar-refractivity contribution in [1.29, 1.82) is 0 Å². The number of rotatable bonds is 3. The van der Waals surface area contributed by atoms with Gasteiger partial charge in [-0.1, -0.05) is 12.7 Å². The van der Waals surface area contributed by atoms with Gasteiger partial charge in [0.15, 0.2) is 6.20 Å². The van der Waals surface area contributed by atoms with Gasteiger partial charge in [-0.3, -0.25) is 0 Å². The molecule has 1 aromatic carbocycles. The van der Waals surface area contributed by atoms with Crippen LogP contribution in [0.1, 0.15) is 18.1 Å². The summed E-state index contributed by atoms with van der Waals surface area (Å²) in [6.07, 6.45) is 3.74. The van der Waals surface area contributed by atoms with Crippen LogP contribution >= 0.6 is 0 Å². The van der Waals surface area contributed by atoms with Gasteiger partial charge in [0.25, 0.3) is 0 Å². The maximum absolute atomic E-state index is 13.4. The Morgan fingerprint density at radius 2 is 2.11 bits per heavy atom. The lowest BCUT2D eigenvalue weighted by molar-refractivity contribution is -0.682. The van der Waals surface area contributed by atoms with E-state index in [2.05, 4.69) is 24.1 Å². The monoisotopic (exact) mass is 242 g/mol. The molecule has 18 heavy (non-hydrogen) atoms. The number of benzene rings is 1. The molecule has 0 spiro atoms. The van der Waals surface area contributed by atoms with Crippen LogP contribution in [0, 0.1) is 12.7 Å². The highest BCUT2D eigenvalue weighted by Gasteiger charge is 2.16. The van der Waals surface area contributed by atoms with E-state index in [0.717, 1.165) is 28.9 Å². The Morgan fingerprint density at radius 1 is 1.33 bits per heavy atom. The fraction of sp³-hybridized carbons (Fsp3) is 0.188. The molecule has 0 N–H and O–H groups in total. The predicted molar refractivity (Wildman–Crippen MR) is 72.5 cm³/mol. The van der Waals surface area contributed by atoms with E-state index in [0.29, 0.717) is 0 Å². The zero-order chi connectivity index (χ0) is 13.1. The Labute approximate surface area is 107 Å². The van der Waals surface area contributed by atoms with Crippen molar-refractivity contribution >= 4 is 6.08 Å². The summed E-state index contributed by atoms with van der Waals surface area (Å²) in [6.45, 7) is 8.68. The Kier molecular flexibility index (Phi) is 3.56. The Morgan fingerprint density at radius 3 is 2.78 bits per heavy atom. The van der Waals surface area contributed by atoms with E-state index in [9.17, 15) is 4.39 Å². The molecule has 0 aliphatic carbocycles. The third-order valence-electron chi connectivity index (χ3n) is 3.09. The van der Waals surface area contributed by atoms with Gasteiger partial charge in [-0.2, -0.15) is 4.57 Å². The van der Waals surface area contributed by atoms with Crippen LogP contribution in [0.4, 0.5) is 4.39 Å². The normalized spacial score (nSPS) is 10.4. The molecule has 0 amide bonds. The first kappa shape index (κ1) is 12.5. The van der Waals surface area contributed by atoms with Crippen LogP contribution in [0.25, 0.3) is 17.3 Å². The molecule has 0 radical (unpaired) electrons. The van der Waals surface area contributed by atoms with Crippen LogP contribution < -0.4 is 4.57 Å². The molecule has 0 saturated carbocycles. The van der Waals surface area contributed by atoms with Gasteiger partial charge in [-0.05, 0) is 43.2 Å². The molecular formula is C16H17FN+. The Hall–Kier alpha value is -1.96. The average Bonchev–Trinajstić information content (AvgIpc) is 2.38. The van der Waals surface area contributed by atoms with Crippen LogP contribution in [-0.4, -0.2) is 0 Å². The van der Waals surface area contributed by atoms with Gasteiger partial charge in [-0.15, -0.1) is 0 Å². The minimum absolute atomic E-state index is 0.217. The summed E-state index contributed by atoms with van der Waals surface area (Å²) in [7, 11) is 0. The van der Waals surface area contributed by atoms with Crippen LogP contribution in [0.3, 0.4) is 0 Å². The molecule has 1 nitrogen and oxygen atoms in total. The van der Waals surface area contributed by atoms with Crippen molar-refractivity contribution < 1.29 is 8.96 Å². The molecule has 1 heterocycles. The second-order valence-corrected chi connectivity index (χ2v) is 4.26. The number of aryl methyl sites for hydroxylation is 2. The fourth-order valence-corrected chi connectivity index (χ4v) is 2.26. The maximum Gasteiger partial charge on any atom is 0.213 e. The number of aromatic nitrogens is 1. The topological polar surface area (TPSA) is 3.88 Å². The molecule has 0 saturated heterocycles. The number of pyridine rings is 1. The van der Waals surface area contributed by atoms with Crippen molar-refractivity contribution in [3.8, 4) is 11.3 Å². The van der Waals surface area contributed by atoms with E-state index in [1.807, 2.05) is 25.3 Å². The largest absolute Gasteiger partial charge is 0.213 e. The highest BCUT2D eigenvalue weighted by molar-refractivity contribution is 5.73. The van der Waals surface area contributed by atoms with E-state index in [4.69, 9.17) is 0 Å². The first-order chi connectivity index (χ1) is 8.67. The van der Waals surface area contributed by atoms with Crippen molar-refractivity contribution in [2.24, 2.45) is 0 Å². The lowest BCUT2D eigenvalue weighted by Crippen LogP contribution is -2.34. The van der Waals surface area contributed by atoms with Crippen LogP contribution in [0.5, 0.6) is 0 Å². The van der Waals surface area contributed by atoms with Crippen molar-refractivity contribution in [2.75, 3.05) is 0 Å². The van der Waals surface area contributed by atoms with Gasteiger partial charge in [0, 0.05) is 12.1 Å². The zero-order valence-corrected chi connectivity index (χ0v) is 10.8. The number of hydrogen-bond donors (Lipinski definition) is 0. The van der Waals surface area contributed by atoms with Gasteiger partial charge in [0.2, 0.25) is 5.69 Å². The highest BCUT2D eigenvalue weighted by Crippen LogP contribution is 2.27. The van der Waals surface area contributed by atoms with Crippen molar-refractivity contribution in [1.82, 2.24) is 0 Å². The smallest absolute Gasteiger partial charge is 0.207 e. The summed E-state index contributed by atoms with van der Waals surface area (Å²) in [6, 6.07) is 9.14. The fourth-order valence-electron chi connectivity index (χ4n) is 2.26. The van der Waals surface area contributed by atoms with Gasteiger partial charge in [0.05, 0.1) is 5.56 Å². The van der Waals surface area contributed by atoms with Crippen LogP contribution in [0.2, 0.25) is 0 Å². The lowest BCUT2D eigenvalue weighted by Gasteiger charge is -2.09. The van der Waals surface area contributed by atoms with E-state index in [-0.39, 0.29) is 5.82 Å². The molecule has 0 aliphatic heterocycles. The van der Waals surface area contributed by atoms with Crippen molar-refractivity contribution in [3.63, 3.8) is 0 Å². The Balaban J connectivity index is 2.74. The summed E-state index contributed by atoms with van der Waals surface area (Å²) >= 11 is 0. The third kappa shape index (κ3) is 2.19. The molecular weight excluding hydrogens is 225 g/mol. The molecule has 2 rings (SSSR count). The van der Waals surface area contributed by atoms with Crippen molar-refractivity contribution in [3.05, 3.63) is 60.1 Å². The zero-order valence-electron chi connectivity index (χ0n) is 10.8. The molecule has 0 atom stereocenters. The number of halogens is 1. The predicted octanol–water partition coefficient (Wildman–Crippen LogP) is 3.75. The first-order valence-corrected chi connectivity index (χ1v) is 6.08. The van der Waals surface area contributed by atoms with E-state index in [1.165, 1.54) is 6.07 Å². The molecule has 0 aliphatic rings. The average molecular weight is 242 g/mol. The lowest BCUT2D eigenvalue weighted by atomic mass is 9.98. The van der Waals surface area contributed by atoms with Gasteiger partial charge in [-0.25, -0.2) is 4.39 Å². The number of nitrogens with zero attached hydrogens (tertiary/aromatic N) is 1. The van der Waals surface area contributed by atoms with Gasteiger partial charge < -0.3 is 0 Å². The van der Waals surface area contributed by atoms with Crippen LogP contribution in [0.15, 0.2) is 43.1 Å². The third-order valence-corrected chi connectivity index (χ3v) is 3.09. The highest BCUT2D eigenvalue weighted by atomic mass is 19.1. The van der Waals surface area contributed by atoms with Crippen molar-refractivity contribution in [2.45, 2.75) is 20.4 Å². The van der Waals surface area contributed by atoms with Crippen LogP contribution in [-0.2, 0) is 6.54 Å². The molecule has 1 aromatic heterocycles. The molecule has 92 valence electrons. The Bertz CT molecular complexity index is 588. The number of hydrogen-bond acceptors (Lipinski definition) is 0. The molecule has 0 unspecified atom stereocenters. The summed E-state index contributed by atoms with van der Waals surface area (Å²) in [5.41, 5.74) is 3.90. The van der Waals surface area contributed by atoms with Gasteiger partial charge in [0.1, 0.15) is 12.4 Å². The molecule has 2 heteroatoms. The summed E-state index contributed by atoms with van der Waals surface area (Å²) in [5, 5.41) is 0. The summed E-state index contributed by atoms with van der Waals surface area (Å²) in [4.78, 5) is 0. The molecule has 2 aromatic rings. The standard InChI is InChI=1S/C16H17FN/c1-4-13-11-14(17)10-12(3)16(13)15-8-6-7-9-18(15)5-2/h4,6-11H,1,5H2,2-3H3/q+1. The summed E-state index contributed by atoms with van der Waals surface area (Å²) < 4.78 is 15.6. The van der Waals surface area contributed by atoms with E-state index < -0.39 is 0 Å². The summed E-state index contributed by atoms with van der Waals surface area (Å²) in [5.74, 6) is -0.217. The van der Waals surface area contributed by atoms with E-state index >= 15 is 0 Å². The SMILES string of the molecule is C=Cc1cc(F)cc(C)c1-c1cccc[n+]1CC. The quantitative estimate of drug-likeness (QED) is 0.722. The van der Waals surface area contributed by atoms with E-state index in [1.54, 1.807) is 12.1 Å². The second-order valence-electron chi connectivity index (χ2n) is 4.26. The first-order valence-electron chi connectivity index (χ1n) is 6.08. The minimum Gasteiger partial charge on any atom is -0.207 e. The second kappa shape index (κ2) is 5.13. The van der Waals surface area contributed by atoms with Gasteiger partial charge >= 0.3 is 0 Å². The minimum atomic E-state index is -0.217. The molecule has 0 fully saturated rings. The maximum atomic E-state index is 13.4. The molecule has 0 bridgehead atoms.